The third kappa shape index (κ3) is 1.35. The fourth-order valence-electron chi connectivity index (χ4n) is 4.64. The maximum atomic E-state index is 3.54. The number of fused-ring (bicyclic) bond motifs is 3. The average Bonchev–Trinajstić information content (AvgIpc) is 2.29. The lowest BCUT2D eigenvalue weighted by molar-refractivity contribution is -0.0220. The molecule has 1 heteroatoms. The molecule has 92 valence electrons. The molecule has 0 aliphatic heterocycles. The number of hydrogen-bond acceptors (Lipinski definition) is 1. The van der Waals surface area contributed by atoms with E-state index in [1.54, 1.807) is 11.1 Å². The highest BCUT2D eigenvalue weighted by atomic mass is 15.0. The van der Waals surface area contributed by atoms with Crippen LogP contribution in [0.25, 0.3) is 0 Å². The summed E-state index contributed by atoms with van der Waals surface area (Å²) in [4.78, 5) is 0. The van der Waals surface area contributed by atoms with Crippen LogP contribution in [0, 0.1) is 11.3 Å². The van der Waals surface area contributed by atoms with Crippen molar-refractivity contribution in [2.45, 2.75) is 45.1 Å². The lowest BCUT2D eigenvalue weighted by Gasteiger charge is -2.62. The van der Waals surface area contributed by atoms with Crippen molar-refractivity contribution in [3.05, 3.63) is 35.4 Å². The summed E-state index contributed by atoms with van der Waals surface area (Å²) in [5, 5.41) is 3.54. The normalized spacial score (nSPS) is 37.9. The van der Waals surface area contributed by atoms with E-state index < -0.39 is 0 Å². The molecule has 0 aromatic heterocycles. The highest BCUT2D eigenvalue weighted by Gasteiger charge is 2.58. The van der Waals surface area contributed by atoms with Crippen molar-refractivity contribution < 1.29 is 0 Å². The van der Waals surface area contributed by atoms with E-state index in [2.05, 4.69) is 57.4 Å². The molecule has 2 aliphatic carbocycles. The molecule has 4 atom stereocenters. The highest BCUT2D eigenvalue weighted by molar-refractivity contribution is 5.41. The molecule has 2 aliphatic rings. The van der Waals surface area contributed by atoms with Gasteiger partial charge in [0.25, 0.3) is 0 Å². The van der Waals surface area contributed by atoms with Crippen molar-refractivity contribution in [1.82, 2.24) is 5.32 Å². The van der Waals surface area contributed by atoms with Crippen LogP contribution < -0.4 is 5.32 Å². The number of rotatable bonds is 1. The average molecular weight is 229 g/mol. The fraction of sp³-hybridized carbons (Fsp3) is 0.625. The van der Waals surface area contributed by atoms with Gasteiger partial charge in [0, 0.05) is 6.04 Å². The second-order valence-electron chi connectivity index (χ2n) is 6.49. The minimum Gasteiger partial charge on any atom is -0.316 e. The van der Waals surface area contributed by atoms with Crippen molar-refractivity contribution in [3.63, 3.8) is 0 Å². The molecule has 1 aromatic carbocycles. The van der Waals surface area contributed by atoms with E-state index in [0.717, 1.165) is 17.8 Å². The predicted molar refractivity (Wildman–Crippen MR) is 72.3 cm³/mol. The molecule has 0 amide bonds. The molecular weight excluding hydrogens is 206 g/mol. The largest absolute Gasteiger partial charge is 0.316 e. The van der Waals surface area contributed by atoms with Crippen LogP contribution in [0.4, 0.5) is 0 Å². The quantitative estimate of drug-likeness (QED) is 0.777. The van der Waals surface area contributed by atoms with Gasteiger partial charge in [-0.15, -0.1) is 0 Å². The molecule has 0 heterocycles. The summed E-state index contributed by atoms with van der Waals surface area (Å²) in [6.45, 7) is 7.22. The van der Waals surface area contributed by atoms with Gasteiger partial charge in [0.1, 0.15) is 0 Å². The van der Waals surface area contributed by atoms with Crippen molar-refractivity contribution in [3.8, 4) is 0 Å². The van der Waals surface area contributed by atoms with Gasteiger partial charge in [-0.05, 0) is 47.8 Å². The van der Waals surface area contributed by atoms with Gasteiger partial charge < -0.3 is 5.32 Å². The molecule has 1 fully saturated rings. The molecule has 0 bridgehead atoms. The Labute approximate surface area is 105 Å². The summed E-state index contributed by atoms with van der Waals surface area (Å²) >= 11 is 0. The van der Waals surface area contributed by atoms with Crippen LogP contribution in [0.2, 0.25) is 0 Å². The van der Waals surface area contributed by atoms with Crippen LogP contribution in [0.1, 0.15) is 50.2 Å². The second-order valence-corrected chi connectivity index (χ2v) is 6.49. The topological polar surface area (TPSA) is 12.0 Å². The Morgan fingerprint density at radius 3 is 2.47 bits per heavy atom. The molecule has 1 N–H and O–H groups in total. The zero-order chi connectivity index (χ0) is 12.2. The fourth-order valence-corrected chi connectivity index (χ4v) is 4.64. The Morgan fingerprint density at radius 2 is 1.82 bits per heavy atom. The van der Waals surface area contributed by atoms with E-state index in [4.69, 9.17) is 0 Å². The highest BCUT2D eigenvalue weighted by Crippen LogP contribution is 2.62. The molecule has 1 nitrogen and oxygen atoms in total. The lowest BCUT2D eigenvalue weighted by atomic mass is 9.45. The first-order chi connectivity index (χ1) is 8.07. The Morgan fingerprint density at radius 1 is 1.18 bits per heavy atom. The van der Waals surface area contributed by atoms with Gasteiger partial charge in [0.2, 0.25) is 0 Å². The van der Waals surface area contributed by atoms with E-state index in [0.29, 0.717) is 11.5 Å². The Balaban J connectivity index is 2.06. The first-order valence-corrected chi connectivity index (χ1v) is 6.83. The van der Waals surface area contributed by atoms with Gasteiger partial charge in [-0.1, -0.05) is 45.0 Å². The molecule has 4 unspecified atom stereocenters. The Hall–Kier alpha value is -0.820. The van der Waals surface area contributed by atoms with E-state index >= 15 is 0 Å². The summed E-state index contributed by atoms with van der Waals surface area (Å²) in [6, 6.07) is 9.77. The van der Waals surface area contributed by atoms with Crippen molar-refractivity contribution >= 4 is 0 Å². The number of benzene rings is 1. The van der Waals surface area contributed by atoms with Crippen molar-refractivity contribution in [2.24, 2.45) is 11.3 Å². The van der Waals surface area contributed by atoms with E-state index in [9.17, 15) is 0 Å². The second kappa shape index (κ2) is 3.58. The molecule has 17 heavy (non-hydrogen) atoms. The molecular formula is C16H23N. The van der Waals surface area contributed by atoms with Crippen LogP contribution in [-0.4, -0.2) is 13.1 Å². The Kier molecular flexibility index (Phi) is 2.38. The molecule has 0 radical (unpaired) electrons. The van der Waals surface area contributed by atoms with Crippen molar-refractivity contribution in [1.29, 1.82) is 0 Å². The van der Waals surface area contributed by atoms with Crippen LogP contribution in [0.5, 0.6) is 0 Å². The van der Waals surface area contributed by atoms with Gasteiger partial charge in [-0.25, -0.2) is 0 Å². The van der Waals surface area contributed by atoms with Gasteiger partial charge in [0.15, 0.2) is 0 Å². The number of nitrogens with one attached hydrogen (secondary N) is 1. The molecule has 0 saturated heterocycles. The zero-order valence-corrected chi connectivity index (χ0v) is 11.3. The lowest BCUT2D eigenvalue weighted by Crippen LogP contribution is -2.63. The van der Waals surface area contributed by atoms with Crippen LogP contribution >= 0.6 is 0 Å². The molecule has 3 rings (SSSR count). The van der Waals surface area contributed by atoms with Crippen LogP contribution in [-0.2, 0) is 0 Å². The summed E-state index contributed by atoms with van der Waals surface area (Å²) in [7, 11) is 2.12. The van der Waals surface area contributed by atoms with Gasteiger partial charge in [-0.3, -0.25) is 0 Å². The first kappa shape index (κ1) is 11.3. The molecule has 1 aromatic rings. The predicted octanol–water partition coefficient (Wildman–Crippen LogP) is 3.52. The van der Waals surface area contributed by atoms with Gasteiger partial charge >= 0.3 is 0 Å². The maximum Gasteiger partial charge on any atom is 0.0156 e. The molecule has 1 saturated carbocycles. The SMILES string of the molecule is CNC1C2CC(C)c3ccccc3C2C1(C)C. The van der Waals surface area contributed by atoms with E-state index in [1.165, 1.54) is 6.42 Å². The zero-order valence-electron chi connectivity index (χ0n) is 11.3. The minimum absolute atomic E-state index is 0.398. The third-order valence-corrected chi connectivity index (χ3v) is 5.26. The standard InChI is InChI=1S/C16H23N/c1-10-9-13-14(16(2,3)15(13)17-4)12-8-6-5-7-11(10)12/h5-8,10,13-15,17H,9H2,1-4H3. The van der Waals surface area contributed by atoms with E-state index in [1.807, 2.05) is 0 Å². The summed E-state index contributed by atoms with van der Waals surface area (Å²) in [5.74, 6) is 2.31. The third-order valence-electron chi connectivity index (χ3n) is 5.26. The van der Waals surface area contributed by atoms with Crippen LogP contribution in [0.15, 0.2) is 24.3 Å². The smallest absolute Gasteiger partial charge is 0.0156 e. The summed E-state index contributed by atoms with van der Waals surface area (Å²) in [6.07, 6.45) is 1.34. The van der Waals surface area contributed by atoms with Crippen molar-refractivity contribution in [2.75, 3.05) is 7.05 Å². The monoisotopic (exact) mass is 229 g/mol. The molecule has 0 spiro atoms. The first-order valence-electron chi connectivity index (χ1n) is 6.83. The Bertz CT molecular complexity index is 435. The van der Waals surface area contributed by atoms with Gasteiger partial charge in [0.05, 0.1) is 0 Å². The minimum atomic E-state index is 0.398. The summed E-state index contributed by atoms with van der Waals surface area (Å²) < 4.78 is 0. The summed E-state index contributed by atoms with van der Waals surface area (Å²) in [5.41, 5.74) is 3.61. The van der Waals surface area contributed by atoms with Crippen LogP contribution in [0.3, 0.4) is 0 Å². The van der Waals surface area contributed by atoms with E-state index in [-0.39, 0.29) is 0 Å². The number of hydrogen-bond donors (Lipinski definition) is 1. The maximum absolute atomic E-state index is 3.54. The van der Waals surface area contributed by atoms with Gasteiger partial charge in [-0.2, -0.15) is 0 Å².